The number of amides is 1. The summed E-state index contributed by atoms with van der Waals surface area (Å²) >= 11 is 0. The number of hydrogen-bond acceptors (Lipinski definition) is 7. The number of fused-ring (bicyclic) bond motifs is 1. The number of halogens is 4. The van der Waals surface area contributed by atoms with Crippen LogP contribution in [-0.2, 0) is 15.9 Å². The zero-order valence-corrected chi connectivity index (χ0v) is 24.0. The molecule has 2 aromatic carbocycles. The molecule has 4 aromatic rings. The SMILES string of the molecule is COc1cc(C(=O)NCC[C@@]2(c3cc(C(C)(C)O)c(F)c(-c4ccc(F)cc4)n3)CC(F)(F)CO2)cc2cc(C)nnc12. The lowest BCUT2D eigenvalue weighted by Gasteiger charge is -2.30. The van der Waals surface area contributed by atoms with Crippen LogP contribution in [0.5, 0.6) is 5.75 Å². The molecule has 3 heterocycles. The minimum Gasteiger partial charge on any atom is -0.494 e. The van der Waals surface area contributed by atoms with E-state index in [4.69, 9.17) is 9.47 Å². The van der Waals surface area contributed by atoms with Crippen molar-refractivity contribution in [2.75, 3.05) is 20.3 Å². The van der Waals surface area contributed by atoms with Crippen LogP contribution in [0.25, 0.3) is 22.2 Å². The maximum atomic E-state index is 15.7. The molecule has 0 radical (unpaired) electrons. The Kier molecular flexibility index (Phi) is 7.86. The van der Waals surface area contributed by atoms with E-state index in [-0.39, 0.29) is 41.0 Å². The molecule has 2 N–H and O–H groups in total. The largest absolute Gasteiger partial charge is 0.494 e. The first-order valence-corrected chi connectivity index (χ1v) is 13.5. The zero-order valence-electron chi connectivity index (χ0n) is 24.0. The Morgan fingerprint density at radius 3 is 2.47 bits per heavy atom. The molecule has 1 saturated heterocycles. The summed E-state index contributed by atoms with van der Waals surface area (Å²) in [6, 6.07) is 10.9. The minimum atomic E-state index is -3.23. The van der Waals surface area contributed by atoms with Crippen LogP contribution in [-0.4, -0.2) is 52.4 Å². The molecule has 8 nitrogen and oxygen atoms in total. The molecular weight excluding hydrogens is 568 g/mol. The summed E-state index contributed by atoms with van der Waals surface area (Å²) in [5.41, 5.74) is -2.37. The van der Waals surface area contributed by atoms with Crippen molar-refractivity contribution >= 4 is 16.8 Å². The molecule has 1 atom stereocenters. The average Bonchev–Trinajstić information content (AvgIpc) is 3.27. The normalized spacial score (nSPS) is 18.2. The van der Waals surface area contributed by atoms with E-state index in [0.717, 1.165) is 12.1 Å². The third-order valence-corrected chi connectivity index (χ3v) is 7.38. The zero-order chi connectivity index (χ0) is 31.2. The van der Waals surface area contributed by atoms with Gasteiger partial charge in [0.05, 0.1) is 24.1 Å². The van der Waals surface area contributed by atoms with E-state index in [9.17, 15) is 23.1 Å². The lowest BCUT2D eigenvalue weighted by atomic mass is 9.86. The number of pyridine rings is 1. The Morgan fingerprint density at radius 1 is 1.12 bits per heavy atom. The second-order valence-electron chi connectivity index (χ2n) is 11.2. The monoisotopic (exact) mass is 598 g/mol. The summed E-state index contributed by atoms with van der Waals surface area (Å²) in [5.74, 6) is -4.81. The number of ether oxygens (including phenoxy) is 2. The van der Waals surface area contributed by atoms with Gasteiger partial charge in [-0.25, -0.2) is 22.5 Å². The van der Waals surface area contributed by atoms with Gasteiger partial charge in [0, 0.05) is 35.0 Å². The first-order chi connectivity index (χ1) is 20.2. The van der Waals surface area contributed by atoms with E-state index < -0.39 is 47.7 Å². The number of rotatable bonds is 8. The summed E-state index contributed by atoms with van der Waals surface area (Å²) in [5, 5.41) is 22.3. The fourth-order valence-corrected chi connectivity index (χ4v) is 5.22. The highest BCUT2D eigenvalue weighted by Gasteiger charge is 2.53. The molecule has 0 bridgehead atoms. The number of nitrogens with zero attached hydrogens (tertiary/aromatic N) is 3. The van der Waals surface area contributed by atoms with Gasteiger partial charge in [0.15, 0.2) is 5.82 Å². The number of carbonyl (C=O) groups is 1. The number of nitrogens with one attached hydrogen (secondary N) is 1. The van der Waals surface area contributed by atoms with Crippen LogP contribution in [0.1, 0.15) is 54.0 Å². The van der Waals surface area contributed by atoms with Gasteiger partial charge in [-0.3, -0.25) is 4.79 Å². The van der Waals surface area contributed by atoms with E-state index in [0.29, 0.717) is 22.3 Å². The van der Waals surface area contributed by atoms with Crippen LogP contribution in [0.3, 0.4) is 0 Å². The van der Waals surface area contributed by atoms with Crippen molar-refractivity contribution in [2.45, 2.75) is 50.7 Å². The topological polar surface area (TPSA) is 106 Å². The standard InChI is InChI=1S/C31H30F4N4O4/c1-17-11-19-12-20(13-23(42-4)26(19)39-38-17)28(40)36-10-9-30(15-31(34,35)16-43-30)24-14-22(29(2,3)41)25(33)27(37-24)18-5-7-21(32)8-6-18/h5-8,11-14,41H,9-10,15-16H2,1-4H3,(H,36,40)/t30-/m0/s1. The van der Waals surface area contributed by atoms with Crippen LogP contribution in [0.15, 0.2) is 48.5 Å². The number of carbonyl (C=O) groups excluding carboxylic acids is 1. The number of aryl methyl sites for hydroxylation is 1. The smallest absolute Gasteiger partial charge is 0.274 e. The van der Waals surface area contributed by atoms with Gasteiger partial charge in [0.25, 0.3) is 11.8 Å². The molecule has 1 amide bonds. The van der Waals surface area contributed by atoms with Crippen LogP contribution in [0, 0.1) is 18.6 Å². The van der Waals surface area contributed by atoms with Crippen LogP contribution < -0.4 is 10.1 Å². The molecule has 1 aliphatic heterocycles. The van der Waals surface area contributed by atoms with E-state index in [1.165, 1.54) is 45.2 Å². The molecule has 0 aliphatic carbocycles. The maximum absolute atomic E-state index is 15.7. The summed E-state index contributed by atoms with van der Waals surface area (Å²) in [6.07, 6.45) is -0.930. The van der Waals surface area contributed by atoms with E-state index in [1.54, 1.807) is 19.1 Å². The van der Waals surface area contributed by atoms with E-state index >= 15 is 4.39 Å². The predicted octanol–water partition coefficient (Wildman–Crippen LogP) is 5.59. The van der Waals surface area contributed by atoms with Crippen molar-refractivity contribution in [3.8, 4) is 17.0 Å². The Balaban J connectivity index is 1.49. The molecule has 43 heavy (non-hydrogen) atoms. The van der Waals surface area contributed by atoms with Crippen molar-refractivity contribution < 1.29 is 36.9 Å². The van der Waals surface area contributed by atoms with Gasteiger partial charge in [0.2, 0.25) is 0 Å². The van der Waals surface area contributed by atoms with Gasteiger partial charge < -0.3 is 19.9 Å². The molecule has 5 rings (SSSR count). The molecule has 226 valence electrons. The Labute approximate surface area is 245 Å². The second-order valence-corrected chi connectivity index (χ2v) is 11.2. The number of methoxy groups -OCH3 is 1. The highest BCUT2D eigenvalue weighted by molar-refractivity contribution is 5.99. The van der Waals surface area contributed by atoms with Crippen molar-refractivity contribution in [3.63, 3.8) is 0 Å². The van der Waals surface area contributed by atoms with Crippen LogP contribution in [0.4, 0.5) is 17.6 Å². The average molecular weight is 599 g/mol. The van der Waals surface area contributed by atoms with E-state index in [2.05, 4.69) is 20.5 Å². The minimum absolute atomic E-state index is 0.0433. The van der Waals surface area contributed by atoms with Crippen LogP contribution in [0.2, 0.25) is 0 Å². The number of alkyl halides is 2. The second kappa shape index (κ2) is 11.2. The Morgan fingerprint density at radius 2 is 1.84 bits per heavy atom. The summed E-state index contributed by atoms with van der Waals surface area (Å²) in [6.45, 7) is 3.45. The molecule has 0 spiro atoms. The molecule has 0 saturated carbocycles. The number of hydrogen-bond donors (Lipinski definition) is 2. The summed E-state index contributed by atoms with van der Waals surface area (Å²) in [7, 11) is 1.44. The Bertz CT molecular complexity index is 1690. The molecule has 12 heteroatoms. The third-order valence-electron chi connectivity index (χ3n) is 7.38. The van der Waals surface area contributed by atoms with Gasteiger partial charge in [0.1, 0.15) is 35.0 Å². The van der Waals surface area contributed by atoms with Crippen LogP contribution >= 0.6 is 0 Å². The van der Waals surface area contributed by atoms with E-state index in [1.807, 2.05) is 0 Å². The van der Waals surface area contributed by atoms with Crippen molar-refractivity contribution in [2.24, 2.45) is 0 Å². The fraction of sp³-hybridized carbons (Fsp3) is 0.355. The fourth-order valence-electron chi connectivity index (χ4n) is 5.22. The molecule has 0 unspecified atom stereocenters. The van der Waals surface area contributed by atoms with Crippen molar-refractivity contribution in [1.82, 2.24) is 20.5 Å². The highest BCUT2D eigenvalue weighted by Crippen LogP contribution is 2.47. The first-order valence-electron chi connectivity index (χ1n) is 13.5. The predicted molar refractivity (Wildman–Crippen MR) is 150 cm³/mol. The highest BCUT2D eigenvalue weighted by atomic mass is 19.3. The van der Waals surface area contributed by atoms with Gasteiger partial charge >= 0.3 is 0 Å². The third kappa shape index (κ3) is 6.16. The number of benzene rings is 2. The van der Waals surface area contributed by atoms with Gasteiger partial charge in [-0.1, -0.05) is 0 Å². The molecule has 2 aromatic heterocycles. The van der Waals surface area contributed by atoms with Gasteiger partial charge in [-0.15, -0.1) is 5.10 Å². The summed E-state index contributed by atoms with van der Waals surface area (Å²) < 4.78 is 69.7. The first kappa shape index (κ1) is 30.3. The van der Waals surface area contributed by atoms with Crippen molar-refractivity contribution in [3.05, 3.63) is 82.7 Å². The maximum Gasteiger partial charge on any atom is 0.274 e. The number of aromatic nitrogens is 3. The lowest BCUT2D eigenvalue weighted by molar-refractivity contribution is -0.0304. The Hall–Kier alpha value is -4.16. The van der Waals surface area contributed by atoms with Gasteiger partial charge in [-0.05, 0) is 75.7 Å². The molecular formula is C31H30F4N4O4. The molecule has 1 fully saturated rings. The lowest BCUT2D eigenvalue weighted by Crippen LogP contribution is -2.35. The van der Waals surface area contributed by atoms with Crippen molar-refractivity contribution in [1.29, 1.82) is 0 Å². The number of aliphatic hydroxyl groups is 1. The quantitative estimate of drug-likeness (QED) is 0.255. The summed E-state index contributed by atoms with van der Waals surface area (Å²) in [4.78, 5) is 17.5. The van der Waals surface area contributed by atoms with Gasteiger partial charge in [-0.2, -0.15) is 5.10 Å². The molecule has 1 aliphatic rings.